The van der Waals surface area contributed by atoms with Gasteiger partial charge in [-0.05, 0) is 18.8 Å². The van der Waals surface area contributed by atoms with Crippen molar-refractivity contribution in [1.29, 1.82) is 0 Å². The summed E-state index contributed by atoms with van der Waals surface area (Å²) in [4.78, 5) is 11.9. The standard InChI is InChI=1S/C39H78O2/c1-4-5-6-7-8-9-10-11-12-13-14-15-16-17-18-19-20-21-25-28-31-34-37-41-39(40)36-33-30-27-24-22-23-26-29-32-35-38(2)3/h38H,4-37H2,1-3H3. The van der Waals surface area contributed by atoms with Crippen LogP contribution in [0, 0.1) is 5.92 Å². The van der Waals surface area contributed by atoms with E-state index < -0.39 is 0 Å². The first-order chi connectivity index (χ1) is 20.2. The Hall–Kier alpha value is -0.530. The van der Waals surface area contributed by atoms with E-state index in [0.717, 1.165) is 18.8 Å². The molecule has 0 atom stereocenters. The fourth-order valence-corrected chi connectivity index (χ4v) is 6.03. The summed E-state index contributed by atoms with van der Waals surface area (Å²) >= 11 is 0. The third-order valence-corrected chi connectivity index (χ3v) is 8.92. The smallest absolute Gasteiger partial charge is 0.305 e. The Morgan fingerprint density at radius 2 is 0.707 bits per heavy atom. The normalized spacial score (nSPS) is 11.5. The van der Waals surface area contributed by atoms with Crippen LogP contribution in [0.2, 0.25) is 0 Å². The number of unbranched alkanes of at least 4 members (excludes halogenated alkanes) is 29. The summed E-state index contributed by atoms with van der Waals surface area (Å²) in [5.41, 5.74) is 0. The summed E-state index contributed by atoms with van der Waals surface area (Å²) in [7, 11) is 0. The zero-order valence-corrected chi connectivity index (χ0v) is 28.9. The maximum absolute atomic E-state index is 11.9. The number of rotatable bonds is 35. The number of ether oxygens (including phenoxy) is 1. The average molecular weight is 579 g/mol. The molecule has 0 fully saturated rings. The highest BCUT2D eigenvalue weighted by Gasteiger charge is 2.03. The molecule has 0 aromatic carbocycles. The van der Waals surface area contributed by atoms with E-state index in [2.05, 4.69) is 20.8 Å². The van der Waals surface area contributed by atoms with Gasteiger partial charge in [-0.25, -0.2) is 0 Å². The predicted molar refractivity (Wildman–Crippen MR) is 184 cm³/mol. The van der Waals surface area contributed by atoms with Crippen molar-refractivity contribution < 1.29 is 9.53 Å². The Kier molecular flexibility index (Phi) is 35.2. The van der Waals surface area contributed by atoms with Crippen LogP contribution in [-0.2, 0) is 9.53 Å². The highest BCUT2D eigenvalue weighted by atomic mass is 16.5. The fraction of sp³-hybridized carbons (Fsp3) is 0.974. The molecule has 0 radical (unpaired) electrons. The lowest BCUT2D eigenvalue weighted by Gasteiger charge is -2.06. The van der Waals surface area contributed by atoms with Gasteiger partial charge in [0, 0.05) is 6.42 Å². The third kappa shape index (κ3) is 37.4. The summed E-state index contributed by atoms with van der Waals surface area (Å²) in [6.45, 7) is 7.57. The van der Waals surface area contributed by atoms with Gasteiger partial charge in [-0.1, -0.05) is 213 Å². The predicted octanol–water partition coefficient (Wildman–Crippen LogP) is 14.1. The van der Waals surface area contributed by atoms with Crippen molar-refractivity contribution in [3.8, 4) is 0 Å². The van der Waals surface area contributed by atoms with Gasteiger partial charge in [0.1, 0.15) is 0 Å². The average Bonchev–Trinajstić information content (AvgIpc) is 2.96. The molecule has 41 heavy (non-hydrogen) atoms. The zero-order chi connectivity index (χ0) is 29.9. The van der Waals surface area contributed by atoms with Crippen LogP contribution in [0.3, 0.4) is 0 Å². The second-order valence-corrected chi connectivity index (χ2v) is 13.8. The van der Waals surface area contributed by atoms with Gasteiger partial charge in [-0.2, -0.15) is 0 Å². The Labute approximate surface area is 260 Å². The lowest BCUT2D eigenvalue weighted by atomic mass is 10.0. The fourth-order valence-electron chi connectivity index (χ4n) is 6.03. The molecule has 0 aliphatic carbocycles. The minimum Gasteiger partial charge on any atom is -0.466 e. The minimum absolute atomic E-state index is 0.0265. The second-order valence-electron chi connectivity index (χ2n) is 13.8. The number of esters is 1. The molecule has 0 bridgehead atoms. The Balaban J connectivity index is 3.13. The van der Waals surface area contributed by atoms with Crippen molar-refractivity contribution in [2.45, 2.75) is 233 Å². The van der Waals surface area contributed by atoms with Crippen LogP contribution in [0.1, 0.15) is 233 Å². The van der Waals surface area contributed by atoms with Crippen molar-refractivity contribution in [1.82, 2.24) is 0 Å². The van der Waals surface area contributed by atoms with E-state index in [4.69, 9.17) is 4.74 Å². The van der Waals surface area contributed by atoms with Crippen LogP contribution in [0.15, 0.2) is 0 Å². The maximum Gasteiger partial charge on any atom is 0.305 e. The van der Waals surface area contributed by atoms with Crippen molar-refractivity contribution in [3.63, 3.8) is 0 Å². The van der Waals surface area contributed by atoms with Crippen molar-refractivity contribution in [3.05, 3.63) is 0 Å². The zero-order valence-electron chi connectivity index (χ0n) is 28.9. The van der Waals surface area contributed by atoms with Gasteiger partial charge in [0.25, 0.3) is 0 Å². The van der Waals surface area contributed by atoms with Crippen LogP contribution in [0.4, 0.5) is 0 Å². The molecular formula is C39H78O2. The molecule has 246 valence electrons. The molecule has 0 rings (SSSR count). The van der Waals surface area contributed by atoms with E-state index in [1.165, 1.54) is 193 Å². The molecule has 0 amide bonds. The van der Waals surface area contributed by atoms with Crippen LogP contribution < -0.4 is 0 Å². The van der Waals surface area contributed by atoms with Crippen LogP contribution in [0.25, 0.3) is 0 Å². The molecule has 0 saturated heterocycles. The lowest BCUT2D eigenvalue weighted by Crippen LogP contribution is -2.05. The molecule has 0 aromatic heterocycles. The maximum atomic E-state index is 11.9. The first-order valence-electron chi connectivity index (χ1n) is 19.3. The van der Waals surface area contributed by atoms with E-state index in [-0.39, 0.29) is 5.97 Å². The molecule has 0 N–H and O–H groups in total. The summed E-state index contributed by atoms with van der Waals surface area (Å²) < 4.78 is 5.45. The SMILES string of the molecule is CCCCCCCCCCCCCCCCCCCCCCCCOC(=O)CCCCCCCCCCCC(C)C. The Morgan fingerprint density at radius 1 is 0.415 bits per heavy atom. The quantitative estimate of drug-likeness (QED) is 0.0552. The molecule has 0 saturated carbocycles. The van der Waals surface area contributed by atoms with Gasteiger partial charge >= 0.3 is 5.97 Å². The van der Waals surface area contributed by atoms with E-state index in [0.29, 0.717) is 13.0 Å². The molecule has 0 aliphatic heterocycles. The number of carbonyl (C=O) groups is 1. The lowest BCUT2D eigenvalue weighted by molar-refractivity contribution is -0.143. The Bertz CT molecular complexity index is 486. The molecule has 0 spiro atoms. The highest BCUT2D eigenvalue weighted by molar-refractivity contribution is 5.69. The van der Waals surface area contributed by atoms with Crippen molar-refractivity contribution in [2.75, 3.05) is 6.61 Å². The minimum atomic E-state index is 0.0265. The number of carbonyl (C=O) groups excluding carboxylic acids is 1. The van der Waals surface area contributed by atoms with E-state index in [1.54, 1.807) is 0 Å². The molecule has 0 heterocycles. The molecule has 0 aliphatic rings. The number of hydrogen-bond donors (Lipinski definition) is 0. The first-order valence-corrected chi connectivity index (χ1v) is 19.3. The van der Waals surface area contributed by atoms with Crippen molar-refractivity contribution >= 4 is 5.97 Å². The Morgan fingerprint density at radius 3 is 1.05 bits per heavy atom. The molecular weight excluding hydrogens is 500 g/mol. The van der Waals surface area contributed by atoms with Gasteiger partial charge in [0.05, 0.1) is 6.61 Å². The topological polar surface area (TPSA) is 26.3 Å². The third-order valence-electron chi connectivity index (χ3n) is 8.92. The summed E-state index contributed by atoms with van der Waals surface area (Å²) in [5.74, 6) is 0.883. The van der Waals surface area contributed by atoms with E-state index in [1.807, 2.05) is 0 Å². The van der Waals surface area contributed by atoms with Gasteiger partial charge in [0.2, 0.25) is 0 Å². The van der Waals surface area contributed by atoms with Crippen molar-refractivity contribution in [2.24, 2.45) is 5.92 Å². The van der Waals surface area contributed by atoms with E-state index >= 15 is 0 Å². The number of hydrogen-bond acceptors (Lipinski definition) is 2. The van der Waals surface area contributed by atoms with Gasteiger partial charge in [-0.15, -0.1) is 0 Å². The molecule has 2 heteroatoms. The monoisotopic (exact) mass is 579 g/mol. The highest BCUT2D eigenvalue weighted by Crippen LogP contribution is 2.16. The molecule has 0 aromatic rings. The van der Waals surface area contributed by atoms with Gasteiger partial charge in [0.15, 0.2) is 0 Å². The molecule has 2 nitrogen and oxygen atoms in total. The first kappa shape index (κ1) is 40.5. The summed E-state index contributed by atoms with van der Waals surface area (Å²) in [6, 6.07) is 0. The van der Waals surface area contributed by atoms with E-state index in [9.17, 15) is 4.79 Å². The molecule has 0 unspecified atom stereocenters. The second kappa shape index (κ2) is 35.7. The van der Waals surface area contributed by atoms with Gasteiger partial charge in [-0.3, -0.25) is 4.79 Å². The summed E-state index contributed by atoms with van der Waals surface area (Å²) in [6.07, 6.45) is 44.7. The largest absolute Gasteiger partial charge is 0.466 e. The van der Waals surface area contributed by atoms with Gasteiger partial charge < -0.3 is 4.74 Å². The van der Waals surface area contributed by atoms with Crippen LogP contribution in [-0.4, -0.2) is 12.6 Å². The van der Waals surface area contributed by atoms with Crippen LogP contribution in [0.5, 0.6) is 0 Å². The van der Waals surface area contributed by atoms with Crippen LogP contribution >= 0.6 is 0 Å². The summed E-state index contributed by atoms with van der Waals surface area (Å²) in [5, 5.41) is 0.